The number of hydrogen-bond donors (Lipinski definition) is 0. The minimum absolute atomic E-state index is 0.0948. The van der Waals surface area contributed by atoms with Gasteiger partial charge in [0, 0.05) is 19.7 Å². The topological polar surface area (TPSA) is 70.4 Å². The van der Waals surface area contributed by atoms with Crippen molar-refractivity contribution in [2.75, 3.05) is 19.7 Å². The van der Waals surface area contributed by atoms with Gasteiger partial charge >= 0.3 is 0 Å². The van der Waals surface area contributed by atoms with Crippen LogP contribution >= 0.6 is 0 Å². The van der Waals surface area contributed by atoms with Gasteiger partial charge in [-0.25, -0.2) is 8.42 Å². The second-order valence-corrected chi connectivity index (χ2v) is 6.57. The molecule has 0 aliphatic carbocycles. The van der Waals surface area contributed by atoms with Crippen LogP contribution < -0.4 is 0 Å². The van der Waals surface area contributed by atoms with E-state index in [0.717, 1.165) is 0 Å². The second kappa shape index (κ2) is 6.35. The number of nitriles is 1. The highest BCUT2D eigenvalue weighted by atomic mass is 32.2. The van der Waals surface area contributed by atoms with Crippen LogP contribution in [0.4, 0.5) is 0 Å². The molecular weight excluding hydrogens is 276 g/mol. The van der Waals surface area contributed by atoms with Crippen molar-refractivity contribution in [3.05, 3.63) is 29.8 Å². The first-order chi connectivity index (χ1) is 9.59. The Hall–Kier alpha value is -1.42. The van der Waals surface area contributed by atoms with Gasteiger partial charge in [-0.3, -0.25) is 0 Å². The lowest BCUT2D eigenvalue weighted by Crippen LogP contribution is -2.41. The van der Waals surface area contributed by atoms with E-state index in [9.17, 15) is 8.42 Å². The van der Waals surface area contributed by atoms with E-state index in [1.807, 2.05) is 13.0 Å². The number of nitrogens with zero attached hydrogens (tertiary/aromatic N) is 2. The molecule has 0 bridgehead atoms. The molecule has 1 saturated heterocycles. The Labute approximate surface area is 119 Å². The number of piperidine rings is 1. The minimum atomic E-state index is -3.59. The van der Waals surface area contributed by atoms with Crippen LogP contribution in [0.25, 0.3) is 0 Å². The number of benzene rings is 1. The summed E-state index contributed by atoms with van der Waals surface area (Å²) < 4.78 is 32.1. The van der Waals surface area contributed by atoms with Crippen molar-refractivity contribution in [1.29, 1.82) is 5.26 Å². The van der Waals surface area contributed by atoms with Gasteiger partial charge in [0.2, 0.25) is 10.0 Å². The highest BCUT2D eigenvalue weighted by Crippen LogP contribution is 2.24. The van der Waals surface area contributed by atoms with Crippen molar-refractivity contribution >= 4 is 10.0 Å². The molecule has 0 amide bonds. The average molecular weight is 294 g/mol. The lowest BCUT2D eigenvalue weighted by molar-refractivity contribution is 0.0290. The summed E-state index contributed by atoms with van der Waals surface area (Å²) in [5, 5.41) is 9.04. The summed E-state index contributed by atoms with van der Waals surface area (Å²) in [6, 6.07) is 8.26. The highest BCUT2D eigenvalue weighted by Gasteiger charge is 2.30. The van der Waals surface area contributed by atoms with Gasteiger partial charge in [-0.05, 0) is 31.9 Å². The van der Waals surface area contributed by atoms with Crippen molar-refractivity contribution in [1.82, 2.24) is 4.31 Å². The maximum Gasteiger partial charge on any atom is 0.244 e. The Morgan fingerprint density at radius 2 is 2.00 bits per heavy atom. The Balaban J connectivity index is 2.18. The van der Waals surface area contributed by atoms with Gasteiger partial charge in [0.15, 0.2) is 0 Å². The maximum atomic E-state index is 12.6. The van der Waals surface area contributed by atoms with Crippen LogP contribution in [0.2, 0.25) is 0 Å². The van der Waals surface area contributed by atoms with Gasteiger partial charge in [0.25, 0.3) is 0 Å². The van der Waals surface area contributed by atoms with E-state index in [4.69, 9.17) is 10.00 Å². The van der Waals surface area contributed by atoms with E-state index in [1.54, 1.807) is 12.1 Å². The lowest BCUT2D eigenvalue weighted by Gasteiger charge is -2.31. The van der Waals surface area contributed by atoms with Crippen molar-refractivity contribution in [2.24, 2.45) is 0 Å². The van der Waals surface area contributed by atoms with Crippen LogP contribution in [0.1, 0.15) is 25.3 Å². The van der Waals surface area contributed by atoms with Gasteiger partial charge in [0.1, 0.15) is 6.07 Å². The summed E-state index contributed by atoms with van der Waals surface area (Å²) in [6.45, 7) is 3.46. The van der Waals surface area contributed by atoms with Crippen molar-refractivity contribution < 1.29 is 13.2 Å². The summed E-state index contributed by atoms with van der Waals surface area (Å²) in [5.41, 5.74) is 0.194. The summed E-state index contributed by atoms with van der Waals surface area (Å²) in [5.74, 6) is 0. The van der Waals surface area contributed by atoms with Gasteiger partial charge < -0.3 is 4.74 Å². The second-order valence-electron chi connectivity index (χ2n) is 4.67. The van der Waals surface area contributed by atoms with Crippen LogP contribution in [0.3, 0.4) is 0 Å². The molecule has 0 saturated carbocycles. The minimum Gasteiger partial charge on any atom is -0.378 e. The normalized spacial score (nSPS) is 17.8. The zero-order valence-corrected chi connectivity index (χ0v) is 12.3. The van der Waals surface area contributed by atoms with E-state index in [0.29, 0.717) is 32.5 Å². The lowest BCUT2D eigenvalue weighted by atomic mass is 10.1. The molecule has 1 aliphatic heterocycles. The Morgan fingerprint density at radius 1 is 1.35 bits per heavy atom. The summed E-state index contributed by atoms with van der Waals surface area (Å²) in [7, 11) is -3.59. The standard InChI is InChI=1S/C14H18N2O3S/c1-2-19-13-7-9-16(10-8-13)20(17,18)14-6-4-3-5-12(14)11-15/h3-6,13H,2,7-10H2,1H3. The van der Waals surface area contributed by atoms with Gasteiger partial charge in [-0.15, -0.1) is 0 Å². The fraction of sp³-hybridized carbons (Fsp3) is 0.500. The predicted octanol–water partition coefficient (Wildman–Crippen LogP) is 1.75. The van der Waals surface area contributed by atoms with Crippen molar-refractivity contribution in [3.63, 3.8) is 0 Å². The molecular formula is C14H18N2O3S. The first-order valence-electron chi connectivity index (χ1n) is 6.70. The van der Waals surface area contributed by atoms with E-state index in [-0.39, 0.29) is 16.6 Å². The third kappa shape index (κ3) is 3.01. The van der Waals surface area contributed by atoms with E-state index < -0.39 is 10.0 Å². The molecule has 1 fully saturated rings. The number of sulfonamides is 1. The number of ether oxygens (including phenoxy) is 1. The third-order valence-electron chi connectivity index (χ3n) is 3.43. The molecule has 5 nitrogen and oxygen atoms in total. The molecule has 2 rings (SSSR count). The van der Waals surface area contributed by atoms with Crippen LogP contribution in [-0.4, -0.2) is 38.5 Å². The Morgan fingerprint density at radius 3 is 2.60 bits per heavy atom. The SMILES string of the molecule is CCOC1CCN(S(=O)(=O)c2ccccc2C#N)CC1. The Kier molecular flexibility index (Phi) is 4.76. The molecule has 0 N–H and O–H groups in total. The molecule has 1 aromatic rings. The molecule has 0 unspecified atom stereocenters. The van der Waals surface area contributed by atoms with E-state index in [2.05, 4.69) is 0 Å². The molecule has 0 aromatic heterocycles. The first kappa shape index (κ1) is 15.0. The molecule has 1 aliphatic rings. The highest BCUT2D eigenvalue weighted by molar-refractivity contribution is 7.89. The average Bonchev–Trinajstić information content (AvgIpc) is 2.48. The maximum absolute atomic E-state index is 12.6. The van der Waals surface area contributed by atoms with Crippen LogP contribution in [0.15, 0.2) is 29.2 Å². The van der Waals surface area contributed by atoms with Crippen LogP contribution in [0.5, 0.6) is 0 Å². The first-order valence-corrected chi connectivity index (χ1v) is 8.14. The summed E-state index contributed by atoms with van der Waals surface area (Å²) in [6.07, 6.45) is 1.53. The largest absolute Gasteiger partial charge is 0.378 e. The van der Waals surface area contributed by atoms with Crippen molar-refractivity contribution in [3.8, 4) is 6.07 Å². The predicted molar refractivity (Wildman–Crippen MR) is 74.6 cm³/mol. The summed E-state index contributed by atoms with van der Waals surface area (Å²) >= 11 is 0. The van der Waals surface area contributed by atoms with Gasteiger partial charge in [-0.1, -0.05) is 12.1 Å². The van der Waals surface area contributed by atoms with E-state index in [1.165, 1.54) is 16.4 Å². The summed E-state index contributed by atoms with van der Waals surface area (Å²) in [4.78, 5) is 0.0948. The fourth-order valence-corrected chi connectivity index (χ4v) is 4.01. The molecule has 0 spiro atoms. The van der Waals surface area contributed by atoms with Crippen LogP contribution in [0, 0.1) is 11.3 Å². The zero-order chi connectivity index (χ0) is 14.6. The van der Waals surface area contributed by atoms with Gasteiger partial charge in [0.05, 0.1) is 16.6 Å². The molecule has 108 valence electrons. The molecule has 6 heteroatoms. The fourth-order valence-electron chi connectivity index (χ4n) is 2.40. The number of hydrogen-bond acceptors (Lipinski definition) is 4. The number of rotatable bonds is 4. The monoisotopic (exact) mass is 294 g/mol. The molecule has 0 atom stereocenters. The van der Waals surface area contributed by atoms with Gasteiger partial charge in [-0.2, -0.15) is 9.57 Å². The van der Waals surface area contributed by atoms with E-state index >= 15 is 0 Å². The molecule has 20 heavy (non-hydrogen) atoms. The molecule has 1 heterocycles. The van der Waals surface area contributed by atoms with Crippen molar-refractivity contribution in [2.45, 2.75) is 30.8 Å². The molecule has 0 radical (unpaired) electrons. The molecule has 1 aromatic carbocycles. The Bertz CT molecular complexity index is 599. The van der Waals surface area contributed by atoms with Crippen LogP contribution in [-0.2, 0) is 14.8 Å². The zero-order valence-electron chi connectivity index (χ0n) is 11.4. The third-order valence-corrected chi connectivity index (χ3v) is 5.39. The quantitative estimate of drug-likeness (QED) is 0.848. The smallest absolute Gasteiger partial charge is 0.244 e.